The number of aromatic nitrogens is 1. The van der Waals surface area contributed by atoms with Crippen LogP contribution in [0, 0.1) is 0 Å². The molecule has 2 rings (SSSR count). The van der Waals surface area contributed by atoms with Crippen molar-refractivity contribution in [3.63, 3.8) is 0 Å². The lowest BCUT2D eigenvalue weighted by Gasteiger charge is -2.17. The first-order chi connectivity index (χ1) is 7.61. The molecule has 0 aromatic carbocycles. The van der Waals surface area contributed by atoms with Gasteiger partial charge in [-0.25, -0.2) is 4.98 Å². The summed E-state index contributed by atoms with van der Waals surface area (Å²) in [5.74, 6) is 0.824. The first-order valence-electron chi connectivity index (χ1n) is 4.80. The van der Waals surface area contributed by atoms with Gasteiger partial charge in [-0.1, -0.05) is 0 Å². The lowest BCUT2D eigenvalue weighted by Crippen LogP contribution is -2.26. The normalized spacial score (nSPS) is 20.3. The largest absolute Gasteiger partial charge is 0.493 e. The fourth-order valence-corrected chi connectivity index (χ4v) is 1.97. The maximum atomic E-state index is 11.6. The van der Waals surface area contributed by atoms with Crippen LogP contribution in [-0.4, -0.2) is 35.8 Å². The summed E-state index contributed by atoms with van der Waals surface area (Å²) in [4.78, 5) is 17.2. The van der Waals surface area contributed by atoms with Crippen LogP contribution < -0.4 is 9.64 Å². The number of hydrogen-bond acceptors (Lipinski definition) is 4. The van der Waals surface area contributed by atoms with Crippen molar-refractivity contribution in [1.29, 1.82) is 0 Å². The van der Waals surface area contributed by atoms with Crippen LogP contribution in [0.2, 0.25) is 0 Å². The molecule has 1 aromatic heterocycles. The van der Waals surface area contributed by atoms with E-state index in [1.54, 1.807) is 12.3 Å². The molecule has 6 heteroatoms. The summed E-state index contributed by atoms with van der Waals surface area (Å²) in [7, 11) is 1.52. The zero-order valence-corrected chi connectivity index (χ0v) is 10.3. The third kappa shape index (κ3) is 2.03. The van der Waals surface area contributed by atoms with Gasteiger partial charge in [-0.15, -0.1) is 0 Å². The Morgan fingerprint density at radius 1 is 1.69 bits per heavy atom. The van der Waals surface area contributed by atoms with Crippen molar-refractivity contribution in [2.75, 3.05) is 18.6 Å². The molecule has 1 aromatic rings. The molecule has 5 nitrogen and oxygen atoms in total. The SMILES string of the molecule is COc1cc(Br)cnc1N1CC(O)CC1=O. The van der Waals surface area contributed by atoms with Gasteiger partial charge < -0.3 is 9.84 Å². The minimum Gasteiger partial charge on any atom is -0.493 e. The Morgan fingerprint density at radius 3 is 3.00 bits per heavy atom. The molecule has 0 saturated carbocycles. The molecule has 2 heterocycles. The highest BCUT2D eigenvalue weighted by Gasteiger charge is 2.31. The first kappa shape index (κ1) is 11.3. The Hall–Kier alpha value is -1.14. The quantitative estimate of drug-likeness (QED) is 0.879. The molecule has 0 radical (unpaired) electrons. The number of carbonyl (C=O) groups excluding carboxylic acids is 1. The Morgan fingerprint density at radius 2 is 2.44 bits per heavy atom. The molecule has 1 fully saturated rings. The van der Waals surface area contributed by atoms with Crippen LogP contribution in [0.1, 0.15) is 6.42 Å². The lowest BCUT2D eigenvalue weighted by molar-refractivity contribution is -0.117. The minimum atomic E-state index is -0.623. The number of carbonyl (C=O) groups is 1. The second kappa shape index (κ2) is 4.39. The zero-order chi connectivity index (χ0) is 11.7. The van der Waals surface area contributed by atoms with Gasteiger partial charge in [0.1, 0.15) is 0 Å². The predicted octanol–water partition coefficient (Wildman–Crippen LogP) is 0.950. The van der Waals surface area contributed by atoms with Crippen LogP contribution in [0.4, 0.5) is 5.82 Å². The summed E-state index contributed by atoms with van der Waals surface area (Å²) in [5, 5.41) is 9.41. The number of pyridine rings is 1. The molecule has 1 unspecified atom stereocenters. The van der Waals surface area contributed by atoms with Crippen molar-refractivity contribution < 1.29 is 14.6 Å². The highest BCUT2D eigenvalue weighted by Crippen LogP contribution is 2.31. The van der Waals surface area contributed by atoms with Gasteiger partial charge in [-0.05, 0) is 22.0 Å². The molecule has 1 amide bonds. The van der Waals surface area contributed by atoms with Crippen molar-refractivity contribution in [1.82, 2.24) is 4.98 Å². The van der Waals surface area contributed by atoms with Crippen molar-refractivity contribution in [3.8, 4) is 5.75 Å². The van der Waals surface area contributed by atoms with E-state index in [0.29, 0.717) is 11.6 Å². The maximum absolute atomic E-state index is 11.6. The number of anilines is 1. The van der Waals surface area contributed by atoms with E-state index in [0.717, 1.165) is 4.47 Å². The number of β-amino-alcohol motifs (C(OH)–C–C–N with tert-alkyl or cyclic N) is 1. The van der Waals surface area contributed by atoms with Crippen LogP contribution in [0.25, 0.3) is 0 Å². The van der Waals surface area contributed by atoms with Crippen LogP contribution in [0.3, 0.4) is 0 Å². The van der Waals surface area contributed by atoms with Gasteiger partial charge in [0.25, 0.3) is 0 Å². The number of amides is 1. The van der Waals surface area contributed by atoms with E-state index >= 15 is 0 Å². The van der Waals surface area contributed by atoms with Crippen molar-refractivity contribution in [3.05, 3.63) is 16.7 Å². The van der Waals surface area contributed by atoms with Crippen LogP contribution in [0.5, 0.6) is 5.75 Å². The molecule has 16 heavy (non-hydrogen) atoms. The smallest absolute Gasteiger partial charge is 0.231 e. The molecule has 1 atom stereocenters. The van der Waals surface area contributed by atoms with Crippen LogP contribution in [0.15, 0.2) is 16.7 Å². The van der Waals surface area contributed by atoms with E-state index in [1.807, 2.05) is 0 Å². The molecule has 1 aliphatic heterocycles. The molecule has 1 saturated heterocycles. The van der Waals surface area contributed by atoms with Gasteiger partial charge >= 0.3 is 0 Å². The van der Waals surface area contributed by atoms with E-state index in [2.05, 4.69) is 20.9 Å². The summed E-state index contributed by atoms with van der Waals surface area (Å²) in [6.07, 6.45) is 1.11. The van der Waals surface area contributed by atoms with Gasteiger partial charge in [0.15, 0.2) is 11.6 Å². The third-order valence-corrected chi connectivity index (χ3v) is 2.81. The molecule has 1 aliphatic rings. The molecule has 0 bridgehead atoms. The van der Waals surface area contributed by atoms with E-state index in [4.69, 9.17) is 4.74 Å². The fourth-order valence-electron chi connectivity index (χ4n) is 1.66. The molecular formula is C10H11BrN2O3. The second-order valence-corrected chi connectivity index (χ2v) is 4.46. The number of rotatable bonds is 2. The summed E-state index contributed by atoms with van der Waals surface area (Å²) >= 11 is 3.28. The number of hydrogen-bond donors (Lipinski definition) is 1. The Bertz CT molecular complexity index is 425. The number of ether oxygens (including phenoxy) is 1. The molecule has 0 aliphatic carbocycles. The minimum absolute atomic E-state index is 0.138. The lowest BCUT2D eigenvalue weighted by atomic mass is 10.3. The zero-order valence-electron chi connectivity index (χ0n) is 8.68. The average Bonchev–Trinajstić information content (AvgIpc) is 2.57. The highest BCUT2D eigenvalue weighted by atomic mass is 79.9. The Balaban J connectivity index is 2.36. The number of aliphatic hydroxyl groups is 1. The third-order valence-electron chi connectivity index (χ3n) is 2.38. The summed E-state index contributed by atoms with van der Waals surface area (Å²) in [6.45, 7) is 0.268. The molecular weight excluding hydrogens is 276 g/mol. The molecule has 0 spiro atoms. The number of aliphatic hydroxyl groups excluding tert-OH is 1. The van der Waals surface area contributed by atoms with E-state index < -0.39 is 6.10 Å². The van der Waals surface area contributed by atoms with Crippen molar-refractivity contribution >= 4 is 27.7 Å². The van der Waals surface area contributed by atoms with E-state index in [1.165, 1.54) is 12.0 Å². The average molecular weight is 287 g/mol. The number of nitrogens with zero attached hydrogens (tertiary/aromatic N) is 2. The van der Waals surface area contributed by atoms with Crippen molar-refractivity contribution in [2.24, 2.45) is 0 Å². The first-order valence-corrected chi connectivity index (χ1v) is 5.59. The monoisotopic (exact) mass is 286 g/mol. The fraction of sp³-hybridized carbons (Fsp3) is 0.400. The topological polar surface area (TPSA) is 62.7 Å². The van der Waals surface area contributed by atoms with Crippen LogP contribution >= 0.6 is 15.9 Å². The van der Waals surface area contributed by atoms with Gasteiger partial charge in [-0.2, -0.15) is 0 Å². The Kier molecular flexibility index (Phi) is 3.11. The van der Waals surface area contributed by atoms with Gasteiger partial charge in [-0.3, -0.25) is 9.69 Å². The molecule has 1 N–H and O–H groups in total. The predicted molar refractivity (Wildman–Crippen MR) is 61.5 cm³/mol. The maximum Gasteiger partial charge on any atom is 0.231 e. The number of methoxy groups -OCH3 is 1. The second-order valence-electron chi connectivity index (χ2n) is 3.54. The highest BCUT2D eigenvalue weighted by molar-refractivity contribution is 9.10. The summed E-state index contributed by atoms with van der Waals surface area (Å²) < 4.78 is 5.93. The van der Waals surface area contributed by atoms with E-state index in [9.17, 15) is 9.90 Å². The summed E-state index contributed by atoms with van der Waals surface area (Å²) in [6, 6.07) is 1.74. The van der Waals surface area contributed by atoms with Crippen LogP contribution in [-0.2, 0) is 4.79 Å². The van der Waals surface area contributed by atoms with Gasteiger partial charge in [0, 0.05) is 10.7 Å². The van der Waals surface area contributed by atoms with Gasteiger partial charge in [0.2, 0.25) is 5.91 Å². The standard InChI is InChI=1S/C10H11BrN2O3/c1-16-8-2-6(11)4-12-10(8)13-5-7(14)3-9(13)15/h2,4,7,14H,3,5H2,1H3. The van der Waals surface area contributed by atoms with E-state index in [-0.39, 0.29) is 18.9 Å². The number of halogens is 1. The van der Waals surface area contributed by atoms with Gasteiger partial charge in [0.05, 0.1) is 26.2 Å². The molecule has 86 valence electrons. The Labute approximate surface area is 101 Å². The van der Waals surface area contributed by atoms with Crippen molar-refractivity contribution in [2.45, 2.75) is 12.5 Å². The summed E-state index contributed by atoms with van der Waals surface area (Å²) in [5.41, 5.74) is 0.